The van der Waals surface area contributed by atoms with E-state index in [9.17, 15) is 19.2 Å². The standard InChI is InChI=1S/C31H38N6O4/c1-32-29(39)27(6-5-15-38)37-19-22-16-21(7-8-25(22)31(37)41)26-17-23(24-11-12-35(4)28(24)33-26)18-36-13-9-20(10-14-36)30(40)34(2)3/h7-8,11-12,15-17,20,27H,5-6,9-10,13-14,18-19H2,1-4H3,(H,32,39). The number of hydrogen-bond acceptors (Lipinski definition) is 6. The minimum Gasteiger partial charge on any atom is -0.357 e. The van der Waals surface area contributed by atoms with Crippen LogP contribution in [0.2, 0.25) is 0 Å². The summed E-state index contributed by atoms with van der Waals surface area (Å²) in [5, 5.41) is 3.73. The first-order valence-corrected chi connectivity index (χ1v) is 14.2. The van der Waals surface area contributed by atoms with Crippen molar-refractivity contribution < 1.29 is 19.2 Å². The normalized spacial score (nSPS) is 16.6. The zero-order valence-corrected chi connectivity index (χ0v) is 24.2. The molecular weight excluding hydrogens is 520 g/mol. The molecule has 0 saturated carbocycles. The summed E-state index contributed by atoms with van der Waals surface area (Å²) in [6.07, 6.45) is 4.99. The SMILES string of the molecule is CNC(=O)C(CCC=O)N1Cc2cc(-c3cc(CN4CCC(C(=O)N(C)C)CC4)c4ccn(C)c4n3)ccc2C1=O. The fourth-order valence-electron chi connectivity index (χ4n) is 6.10. The molecule has 2 aliphatic heterocycles. The molecule has 41 heavy (non-hydrogen) atoms. The van der Waals surface area contributed by atoms with Gasteiger partial charge in [-0.2, -0.15) is 0 Å². The number of aromatic nitrogens is 2. The Morgan fingerprint density at radius 1 is 1.17 bits per heavy atom. The number of aryl methyl sites for hydroxylation is 1. The minimum absolute atomic E-state index is 0.0844. The van der Waals surface area contributed by atoms with Crippen LogP contribution < -0.4 is 5.32 Å². The molecule has 1 saturated heterocycles. The lowest BCUT2D eigenvalue weighted by atomic mass is 9.95. The Hall–Kier alpha value is -4.05. The van der Waals surface area contributed by atoms with E-state index in [0.29, 0.717) is 12.1 Å². The molecule has 4 heterocycles. The van der Waals surface area contributed by atoms with Gasteiger partial charge in [-0.15, -0.1) is 0 Å². The zero-order chi connectivity index (χ0) is 29.3. The summed E-state index contributed by atoms with van der Waals surface area (Å²) >= 11 is 0. The predicted molar refractivity (Wildman–Crippen MR) is 156 cm³/mol. The molecule has 1 atom stereocenters. The van der Waals surface area contributed by atoms with E-state index in [4.69, 9.17) is 4.98 Å². The molecule has 1 fully saturated rings. The number of pyridine rings is 1. The van der Waals surface area contributed by atoms with Crippen LogP contribution in [0.3, 0.4) is 0 Å². The molecule has 0 radical (unpaired) electrons. The number of hydrogen-bond donors (Lipinski definition) is 1. The second-order valence-electron chi connectivity index (χ2n) is 11.3. The van der Waals surface area contributed by atoms with E-state index in [-0.39, 0.29) is 36.5 Å². The van der Waals surface area contributed by atoms with Gasteiger partial charge in [0.15, 0.2) is 0 Å². The van der Waals surface area contributed by atoms with Crippen LogP contribution in [0.15, 0.2) is 36.5 Å². The maximum absolute atomic E-state index is 13.2. The van der Waals surface area contributed by atoms with Crippen LogP contribution in [-0.2, 0) is 34.5 Å². The zero-order valence-electron chi connectivity index (χ0n) is 24.2. The van der Waals surface area contributed by atoms with Gasteiger partial charge in [-0.05, 0) is 67.7 Å². The van der Waals surface area contributed by atoms with E-state index in [0.717, 1.165) is 66.6 Å². The number of amides is 3. The van der Waals surface area contributed by atoms with Crippen molar-refractivity contribution in [2.75, 3.05) is 34.2 Å². The van der Waals surface area contributed by atoms with Crippen LogP contribution in [0.5, 0.6) is 0 Å². The summed E-state index contributed by atoms with van der Waals surface area (Å²) in [5.74, 6) is -0.181. The highest BCUT2D eigenvalue weighted by Gasteiger charge is 2.36. The van der Waals surface area contributed by atoms with Gasteiger partial charge >= 0.3 is 0 Å². The number of likely N-dealkylation sites (N-methyl/N-ethyl adjacent to an activating group) is 1. The summed E-state index contributed by atoms with van der Waals surface area (Å²) in [6.45, 7) is 2.80. The van der Waals surface area contributed by atoms with Crippen LogP contribution in [-0.4, -0.2) is 88.5 Å². The second-order valence-corrected chi connectivity index (χ2v) is 11.3. The van der Waals surface area contributed by atoms with E-state index < -0.39 is 6.04 Å². The van der Waals surface area contributed by atoms with Gasteiger partial charge in [-0.3, -0.25) is 19.3 Å². The van der Waals surface area contributed by atoms with Crippen LogP contribution in [0.25, 0.3) is 22.3 Å². The summed E-state index contributed by atoms with van der Waals surface area (Å²) in [4.78, 5) is 59.9. The van der Waals surface area contributed by atoms with Crippen molar-refractivity contribution in [2.24, 2.45) is 13.0 Å². The highest BCUT2D eigenvalue weighted by Crippen LogP contribution is 2.32. The third-order valence-corrected chi connectivity index (χ3v) is 8.41. The summed E-state index contributed by atoms with van der Waals surface area (Å²) in [6, 6.07) is 9.26. The number of rotatable bonds is 9. The van der Waals surface area contributed by atoms with Gasteiger partial charge in [0.1, 0.15) is 18.0 Å². The Morgan fingerprint density at radius 3 is 2.61 bits per heavy atom. The number of nitrogens with one attached hydrogen (secondary N) is 1. The highest BCUT2D eigenvalue weighted by molar-refractivity contribution is 6.01. The van der Waals surface area contributed by atoms with Crippen molar-refractivity contribution in [3.63, 3.8) is 0 Å². The van der Waals surface area contributed by atoms with Gasteiger partial charge in [-0.1, -0.05) is 6.07 Å². The van der Waals surface area contributed by atoms with Crippen molar-refractivity contribution in [3.05, 3.63) is 53.2 Å². The van der Waals surface area contributed by atoms with Crippen molar-refractivity contribution >= 4 is 35.0 Å². The Labute approximate surface area is 240 Å². The van der Waals surface area contributed by atoms with Gasteiger partial charge in [0.05, 0.1) is 5.69 Å². The minimum atomic E-state index is -0.699. The Balaban J connectivity index is 1.41. The van der Waals surface area contributed by atoms with E-state index >= 15 is 0 Å². The molecule has 1 unspecified atom stereocenters. The molecule has 0 bridgehead atoms. The lowest BCUT2D eigenvalue weighted by molar-refractivity contribution is -0.134. The fraction of sp³-hybridized carbons (Fsp3) is 0.452. The molecule has 2 aromatic heterocycles. The molecule has 0 aliphatic carbocycles. The average molecular weight is 559 g/mol. The monoisotopic (exact) mass is 558 g/mol. The number of likely N-dealkylation sites (tertiary alicyclic amines) is 1. The van der Waals surface area contributed by atoms with E-state index in [1.165, 1.54) is 12.6 Å². The quantitative estimate of drug-likeness (QED) is 0.405. The molecule has 5 rings (SSSR count). The first kappa shape index (κ1) is 28.5. The molecule has 10 nitrogen and oxygen atoms in total. The maximum Gasteiger partial charge on any atom is 0.255 e. The fourth-order valence-corrected chi connectivity index (χ4v) is 6.10. The van der Waals surface area contributed by atoms with Gasteiger partial charge < -0.3 is 24.5 Å². The molecule has 216 valence electrons. The molecule has 1 aromatic carbocycles. The average Bonchev–Trinajstić information content (AvgIpc) is 3.52. The van der Waals surface area contributed by atoms with Crippen molar-refractivity contribution in [2.45, 2.75) is 44.8 Å². The molecule has 3 aromatic rings. The number of aldehydes is 1. The number of piperidine rings is 1. The summed E-state index contributed by atoms with van der Waals surface area (Å²) in [7, 11) is 7.16. The topological polar surface area (TPSA) is 108 Å². The summed E-state index contributed by atoms with van der Waals surface area (Å²) in [5.41, 5.74) is 5.21. The predicted octanol–water partition coefficient (Wildman–Crippen LogP) is 2.59. The maximum atomic E-state index is 13.2. The van der Waals surface area contributed by atoms with Crippen LogP contribution in [0.1, 0.15) is 47.2 Å². The highest BCUT2D eigenvalue weighted by atomic mass is 16.2. The first-order chi connectivity index (χ1) is 19.7. The van der Waals surface area contributed by atoms with Crippen molar-refractivity contribution in [3.8, 4) is 11.3 Å². The van der Waals surface area contributed by atoms with Crippen LogP contribution in [0, 0.1) is 5.92 Å². The molecule has 10 heteroatoms. The third kappa shape index (κ3) is 5.61. The number of nitrogens with zero attached hydrogens (tertiary/aromatic N) is 5. The number of fused-ring (bicyclic) bond motifs is 2. The van der Waals surface area contributed by atoms with Crippen LogP contribution >= 0.6 is 0 Å². The van der Waals surface area contributed by atoms with Gasteiger partial charge in [0.2, 0.25) is 11.8 Å². The third-order valence-electron chi connectivity index (χ3n) is 8.41. The number of carbonyl (C=O) groups excluding carboxylic acids is 4. The van der Waals surface area contributed by atoms with Crippen molar-refractivity contribution in [1.82, 2.24) is 29.6 Å². The van der Waals surface area contributed by atoms with Gasteiger partial charge in [0, 0.05) is 76.3 Å². The summed E-state index contributed by atoms with van der Waals surface area (Å²) < 4.78 is 2.02. The molecule has 3 amide bonds. The van der Waals surface area contributed by atoms with Crippen molar-refractivity contribution in [1.29, 1.82) is 0 Å². The largest absolute Gasteiger partial charge is 0.357 e. The smallest absolute Gasteiger partial charge is 0.255 e. The van der Waals surface area contributed by atoms with Gasteiger partial charge in [-0.25, -0.2) is 4.98 Å². The number of benzene rings is 1. The first-order valence-electron chi connectivity index (χ1n) is 14.2. The lowest BCUT2D eigenvalue weighted by Crippen LogP contribution is -2.46. The van der Waals surface area contributed by atoms with E-state index in [2.05, 4.69) is 22.3 Å². The van der Waals surface area contributed by atoms with Gasteiger partial charge in [0.25, 0.3) is 5.91 Å². The Kier molecular flexibility index (Phi) is 8.21. The molecule has 1 N–H and O–H groups in total. The second kappa shape index (κ2) is 11.8. The Bertz CT molecular complexity index is 1490. The molecule has 2 aliphatic rings. The molecular formula is C31H38N6O4. The van der Waals surface area contributed by atoms with E-state index in [1.54, 1.807) is 9.80 Å². The molecule has 0 spiro atoms. The van der Waals surface area contributed by atoms with E-state index in [1.807, 2.05) is 50.1 Å². The van der Waals surface area contributed by atoms with Crippen LogP contribution in [0.4, 0.5) is 0 Å². The lowest BCUT2D eigenvalue weighted by Gasteiger charge is -2.32. The number of carbonyl (C=O) groups is 4. The Morgan fingerprint density at radius 2 is 1.93 bits per heavy atom.